The molecule has 0 aromatic heterocycles. The maximum Gasteiger partial charge on any atom is 0.0714 e. The van der Waals surface area contributed by atoms with E-state index in [1.54, 1.807) is 0 Å². The van der Waals surface area contributed by atoms with E-state index in [0.29, 0.717) is 0 Å². The number of benzene rings is 9. The molecule has 0 fully saturated rings. The Morgan fingerprint density at radius 3 is 1.41 bits per heavy atom. The molecular weight excluding hydrogens is 711 g/mol. The fraction of sp³-hybridized carbons (Fsp3) is 0.0690. The Labute approximate surface area is 347 Å². The van der Waals surface area contributed by atoms with Gasteiger partial charge in [0.2, 0.25) is 0 Å². The SMILES string of the molecule is CC1(C)c2ccccc2-c2ccc(N(c3ccc(-c4ccccc4)cc3)c3cc4c(cc3-c3ccccc3)-c3ccccc3C4(c3ccccc3)c3ccccc3)cc21. The third-order valence-electron chi connectivity index (χ3n) is 13.0. The van der Waals surface area contributed by atoms with Crippen LogP contribution in [0.15, 0.2) is 224 Å². The summed E-state index contributed by atoms with van der Waals surface area (Å²) >= 11 is 0. The normalized spacial score (nSPS) is 13.9. The van der Waals surface area contributed by atoms with Crippen LogP contribution in [-0.2, 0) is 10.8 Å². The van der Waals surface area contributed by atoms with Crippen molar-refractivity contribution in [1.29, 1.82) is 0 Å². The zero-order valence-electron chi connectivity index (χ0n) is 33.3. The van der Waals surface area contributed by atoms with Crippen LogP contribution in [0.3, 0.4) is 0 Å². The summed E-state index contributed by atoms with van der Waals surface area (Å²) in [6, 6.07) is 83.1. The highest BCUT2D eigenvalue weighted by Crippen LogP contribution is 2.59. The number of rotatable bonds is 7. The van der Waals surface area contributed by atoms with E-state index >= 15 is 0 Å². The Morgan fingerprint density at radius 1 is 0.305 bits per heavy atom. The summed E-state index contributed by atoms with van der Waals surface area (Å²) in [5.74, 6) is 0. The van der Waals surface area contributed by atoms with E-state index in [4.69, 9.17) is 0 Å². The van der Waals surface area contributed by atoms with E-state index in [-0.39, 0.29) is 5.41 Å². The Kier molecular flexibility index (Phi) is 8.13. The molecular formula is C58H43N. The lowest BCUT2D eigenvalue weighted by Gasteiger charge is -2.35. The zero-order valence-corrected chi connectivity index (χ0v) is 33.3. The molecule has 0 heterocycles. The molecule has 0 N–H and O–H groups in total. The van der Waals surface area contributed by atoms with Crippen LogP contribution in [0.25, 0.3) is 44.5 Å². The van der Waals surface area contributed by atoms with Crippen LogP contribution in [0.2, 0.25) is 0 Å². The molecule has 0 aliphatic heterocycles. The monoisotopic (exact) mass is 753 g/mol. The summed E-state index contributed by atoms with van der Waals surface area (Å²) < 4.78 is 0. The van der Waals surface area contributed by atoms with Gasteiger partial charge in [-0.3, -0.25) is 0 Å². The molecule has 0 saturated carbocycles. The number of nitrogens with zero attached hydrogens (tertiary/aromatic N) is 1. The molecule has 0 spiro atoms. The topological polar surface area (TPSA) is 3.24 Å². The first kappa shape index (κ1) is 35.0. The predicted octanol–water partition coefficient (Wildman–Crippen LogP) is 15.2. The van der Waals surface area contributed by atoms with Crippen LogP contribution in [0.5, 0.6) is 0 Å². The minimum Gasteiger partial charge on any atom is -0.310 e. The van der Waals surface area contributed by atoms with Gasteiger partial charge in [0.25, 0.3) is 0 Å². The highest BCUT2D eigenvalue weighted by atomic mass is 15.1. The summed E-state index contributed by atoms with van der Waals surface area (Å²) in [6.07, 6.45) is 0. The quantitative estimate of drug-likeness (QED) is 0.157. The third-order valence-corrected chi connectivity index (χ3v) is 13.0. The lowest BCUT2D eigenvalue weighted by Crippen LogP contribution is -2.28. The molecule has 0 saturated heterocycles. The zero-order chi connectivity index (χ0) is 39.6. The van der Waals surface area contributed by atoms with Gasteiger partial charge in [-0.15, -0.1) is 0 Å². The Morgan fingerprint density at radius 2 is 0.780 bits per heavy atom. The van der Waals surface area contributed by atoms with Gasteiger partial charge < -0.3 is 4.90 Å². The van der Waals surface area contributed by atoms with Crippen molar-refractivity contribution >= 4 is 17.1 Å². The second-order valence-electron chi connectivity index (χ2n) is 16.5. The van der Waals surface area contributed by atoms with Gasteiger partial charge >= 0.3 is 0 Å². The highest BCUT2D eigenvalue weighted by molar-refractivity contribution is 5.97. The van der Waals surface area contributed by atoms with Crippen molar-refractivity contribution in [3.05, 3.63) is 258 Å². The van der Waals surface area contributed by atoms with Crippen molar-refractivity contribution in [3.8, 4) is 44.5 Å². The molecule has 59 heavy (non-hydrogen) atoms. The number of anilines is 3. The molecule has 11 rings (SSSR count). The van der Waals surface area contributed by atoms with Crippen LogP contribution >= 0.6 is 0 Å². The second-order valence-corrected chi connectivity index (χ2v) is 16.5. The Hall–Kier alpha value is -7.22. The van der Waals surface area contributed by atoms with Crippen molar-refractivity contribution in [3.63, 3.8) is 0 Å². The lowest BCUT2D eigenvalue weighted by atomic mass is 9.67. The van der Waals surface area contributed by atoms with E-state index in [9.17, 15) is 0 Å². The van der Waals surface area contributed by atoms with Gasteiger partial charge in [0.15, 0.2) is 0 Å². The predicted molar refractivity (Wildman–Crippen MR) is 247 cm³/mol. The standard InChI is InChI=1S/C58H43N/c1-57(2)52-29-17-15-27-47(52)49-36-35-46(37-54(49)57)59(45-33-31-41(32-34-45)40-19-7-3-8-20-40)56-39-55-51(38-50(56)42-21-9-4-10-22-42)48-28-16-18-30-53(48)58(55,43-23-11-5-12-24-43)44-25-13-6-14-26-44/h3-39H,1-2H3. The van der Waals surface area contributed by atoms with Gasteiger partial charge in [0.05, 0.1) is 11.1 Å². The van der Waals surface area contributed by atoms with Gasteiger partial charge in [-0.05, 0) is 109 Å². The average Bonchev–Trinajstić information content (AvgIpc) is 3.72. The first-order valence-electron chi connectivity index (χ1n) is 20.7. The van der Waals surface area contributed by atoms with Gasteiger partial charge in [-0.2, -0.15) is 0 Å². The summed E-state index contributed by atoms with van der Waals surface area (Å²) in [6.45, 7) is 4.74. The largest absolute Gasteiger partial charge is 0.310 e. The Bertz CT molecular complexity index is 2940. The molecule has 280 valence electrons. The van der Waals surface area contributed by atoms with Gasteiger partial charge in [-0.25, -0.2) is 0 Å². The molecule has 0 radical (unpaired) electrons. The van der Waals surface area contributed by atoms with Gasteiger partial charge in [-0.1, -0.05) is 202 Å². The van der Waals surface area contributed by atoms with Crippen molar-refractivity contribution in [2.45, 2.75) is 24.7 Å². The van der Waals surface area contributed by atoms with E-state index < -0.39 is 5.41 Å². The van der Waals surface area contributed by atoms with Crippen LogP contribution in [0.4, 0.5) is 17.1 Å². The minimum atomic E-state index is -0.539. The van der Waals surface area contributed by atoms with E-state index in [2.05, 4.69) is 243 Å². The fourth-order valence-corrected chi connectivity index (χ4v) is 10.2. The van der Waals surface area contributed by atoms with Crippen molar-refractivity contribution in [2.24, 2.45) is 0 Å². The van der Waals surface area contributed by atoms with Crippen LogP contribution in [-0.4, -0.2) is 0 Å². The molecule has 1 nitrogen and oxygen atoms in total. The number of hydrogen-bond acceptors (Lipinski definition) is 1. The average molecular weight is 754 g/mol. The van der Waals surface area contributed by atoms with Crippen molar-refractivity contribution in [1.82, 2.24) is 0 Å². The van der Waals surface area contributed by atoms with Crippen molar-refractivity contribution < 1.29 is 0 Å². The summed E-state index contributed by atoms with van der Waals surface area (Å²) in [4.78, 5) is 2.51. The van der Waals surface area contributed by atoms with E-state index in [1.165, 1.54) is 77.9 Å². The van der Waals surface area contributed by atoms with Gasteiger partial charge in [0.1, 0.15) is 0 Å². The van der Waals surface area contributed by atoms with Crippen LogP contribution in [0.1, 0.15) is 47.2 Å². The minimum absolute atomic E-state index is 0.150. The van der Waals surface area contributed by atoms with Crippen LogP contribution in [0, 0.1) is 0 Å². The van der Waals surface area contributed by atoms with Crippen molar-refractivity contribution in [2.75, 3.05) is 4.90 Å². The fourth-order valence-electron chi connectivity index (χ4n) is 10.2. The number of fused-ring (bicyclic) bond motifs is 6. The Balaban J connectivity index is 1.23. The molecule has 0 bridgehead atoms. The molecule has 1 heteroatoms. The van der Waals surface area contributed by atoms with E-state index in [0.717, 1.165) is 17.1 Å². The first-order valence-corrected chi connectivity index (χ1v) is 20.7. The second kappa shape index (κ2) is 13.7. The molecule has 2 aliphatic rings. The maximum atomic E-state index is 2.52. The maximum absolute atomic E-state index is 2.52. The highest BCUT2D eigenvalue weighted by Gasteiger charge is 2.47. The molecule has 0 amide bonds. The van der Waals surface area contributed by atoms with Crippen LogP contribution < -0.4 is 4.90 Å². The molecule has 9 aromatic carbocycles. The lowest BCUT2D eigenvalue weighted by molar-refractivity contribution is 0.660. The summed E-state index contributed by atoms with van der Waals surface area (Å²) in [7, 11) is 0. The smallest absolute Gasteiger partial charge is 0.0714 e. The number of hydrogen-bond donors (Lipinski definition) is 0. The third kappa shape index (κ3) is 5.39. The van der Waals surface area contributed by atoms with E-state index in [1.807, 2.05) is 0 Å². The summed E-state index contributed by atoms with van der Waals surface area (Å²) in [5.41, 5.74) is 20.5. The first-order chi connectivity index (χ1) is 29.0. The molecule has 0 atom stereocenters. The molecule has 2 aliphatic carbocycles. The summed E-state index contributed by atoms with van der Waals surface area (Å²) in [5, 5.41) is 0. The molecule has 9 aromatic rings. The van der Waals surface area contributed by atoms with Gasteiger partial charge in [0, 0.05) is 22.4 Å². The molecule has 0 unspecified atom stereocenters.